The Morgan fingerprint density at radius 1 is 0.848 bits per heavy atom. The Hall–Kier alpha value is -4.26. The average Bonchev–Trinajstić information content (AvgIpc) is 2.83. The van der Waals surface area contributed by atoms with Crippen molar-refractivity contribution in [3.05, 3.63) is 102 Å². The summed E-state index contributed by atoms with van der Waals surface area (Å²) < 4.78 is 16.9. The number of hydrogen-bond donors (Lipinski definition) is 2. The Kier molecular flexibility index (Phi) is 6.90. The van der Waals surface area contributed by atoms with Gasteiger partial charge in [0.1, 0.15) is 30.5 Å². The molecule has 0 radical (unpaired) electrons. The minimum Gasteiger partial charge on any atom is -0.490 e. The maximum Gasteiger partial charge on any atom is 0.338 e. The van der Waals surface area contributed by atoms with E-state index in [1.165, 1.54) is 0 Å². The molecule has 0 saturated heterocycles. The van der Waals surface area contributed by atoms with Crippen LogP contribution < -0.4 is 20.1 Å². The lowest BCUT2D eigenvalue weighted by Crippen LogP contribution is -2.45. The third-order valence-corrected chi connectivity index (χ3v) is 4.99. The molecule has 7 heteroatoms. The van der Waals surface area contributed by atoms with Crippen molar-refractivity contribution in [1.29, 1.82) is 0 Å². The van der Waals surface area contributed by atoms with E-state index in [1.54, 1.807) is 13.0 Å². The van der Waals surface area contributed by atoms with E-state index < -0.39 is 18.0 Å². The molecule has 33 heavy (non-hydrogen) atoms. The second-order valence-corrected chi connectivity index (χ2v) is 7.36. The molecule has 1 aliphatic rings. The molecule has 3 aromatic rings. The molecule has 3 aromatic carbocycles. The summed E-state index contributed by atoms with van der Waals surface area (Å²) in [5, 5.41) is 5.45. The van der Waals surface area contributed by atoms with Crippen LogP contribution in [0.4, 0.5) is 4.79 Å². The molecule has 1 atom stereocenters. The van der Waals surface area contributed by atoms with Gasteiger partial charge in [0.25, 0.3) is 0 Å². The quantitative estimate of drug-likeness (QED) is 0.388. The maximum absolute atomic E-state index is 12.9. The normalized spacial score (nSPS) is 15.3. The molecule has 0 fully saturated rings. The van der Waals surface area contributed by atoms with Gasteiger partial charge in [-0.1, -0.05) is 48.5 Å². The summed E-state index contributed by atoms with van der Waals surface area (Å²) in [4.78, 5) is 25.1. The monoisotopic (exact) mass is 444 g/mol. The van der Waals surface area contributed by atoms with Crippen LogP contribution in [-0.2, 0) is 9.53 Å². The van der Waals surface area contributed by atoms with Gasteiger partial charge in [0.05, 0.1) is 11.6 Å². The smallest absolute Gasteiger partial charge is 0.338 e. The molecular formula is C26H24N2O5. The zero-order valence-corrected chi connectivity index (χ0v) is 18.1. The SMILES string of the molecule is CC1=C(C(=O)OCCOc2ccccc2)[C@@H](c2cccc(Oc3ccccc3)c2)NC(=O)N1. The number of urea groups is 1. The van der Waals surface area contributed by atoms with Gasteiger partial charge in [-0.2, -0.15) is 0 Å². The van der Waals surface area contributed by atoms with Crippen molar-refractivity contribution in [2.45, 2.75) is 13.0 Å². The van der Waals surface area contributed by atoms with E-state index in [-0.39, 0.29) is 13.2 Å². The fourth-order valence-corrected chi connectivity index (χ4v) is 3.48. The van der Waals surface area contributed by atoms with Gasteiger partial charge in [-0.05, 0) is 48.9 Å². The van der Waals surface area contributed by atoms with Gasteiger partial charge in [0.2, 0.25) is 0 Å². The molecule has 7 nitrogen and oxygen atoms in total. The number of ether oxygens (including phenoxy) is 3. The molecule has 4 rings (SSSR count). The van der Waals surface area contributed by atoms with E-state index in [9.17, 15) is 9.59 Å². The summed E-state index contributed by atoms with van der Waals surface area (Å²) in [5.74, 6) is 1.45. The lowest BCUT2D eigenvalue weighted by Gasteiger charge is -2.28. The first kappa shape index (κ1) is 22.0. The Balaban J connectivity index is 1.47. The maximum atomic E-state index is 12.9. The van der Waals surface area contributed by atoms with Crippen LogP contribution in [0.5, 0.6) is 17.2 Å². The number of carbonyl (C=O) groups is 2. The zero-order valence-electron chi connectivity index (χ0n) is 18.1. The number of carbonyl (C=O) groups excluding carboxylic acids is 2. The van der Waals surface area contributed by atoms with Gasteiger partial charge in [-0.15, -0.1) is 0 Å². The third kappa shape index (κ3) is 5.71. The molecular weight excluding hydrogens is 420 g/mol. The van der Waals surface area contributed by atoms with Crippen molar-refractivity contribution in [2.75, 3.05) is 13.2 Å². The average molecular weight is 444 g/mol. The fraction of sp³-hybridized carbons (Fsp3) is 0.154. The number of esters is 1. The van der Waals surface area contributed by atoms with E-state index in [0.717, 1.165) is 0 Å². The van der Waals surface area contributed by atoms with Crippen LogP contribution in [0.15, 0.2) is 96.2 Å². The molecule has 0 spiro atoms. The van der Waals surface area contributed by atoms with Gasteiger partial charge < -0.3 is 24.8 Å². The third-order valence-electron chi connectivity index (χ3n) is 4.99. The predicted octanol–water partition coefficient (Wildman–Crippen LogP) is 4.73. The van der Waals surface area contributed by atoms with E-state index in [2.05, 4.69) is 10.6 Å². The second-order valence-electron chi connectivity index (χ2n) is 7.36. The Morgan fingerprint density at radius 2 is 1.52 bits per heavy atom. The number of rotatable bonds is 8. The molecule has 0 aliphatic carbocycles. The van der Waals surface area contributed by atoms with Crippen molar-refractivity contribution in [2.24, 2.45) is 0 Å². The minimum atomic E-state index is -0.680. The van der Waals surface area contributed by atoms with Crippen LogP contribution in [0.2, 0.25) is 0 Å². The lowest BCUT2D eigenvalue weighted by molar-refractivity contribution is -0.140. The van der Waals surface area contributed by atoms with Crippen LogP contribution >= 0.6 is 0 Å². The zero-order chi connectivity index (χ0) is 23.0. The Bertz CT molecular complexity index is 1150. The van der Waals surface area contributed by atoms with Crippen molar-refractivity contribution in [1.82, 2.24) is 10.6 Å². The van der Waals surface area contributed by atoms with Crippen LogP contribution in [-0.4, -0.2) is 25.2 Å². The van der Waals surface area contributed by atoms with E-state index >= 15 is 0 Å². The molecule has 1 heterocycles. The number of para-hydroxylation sites is 2. The van der Waals surface area contributed by atoms with Gasteiger partial charge in [0, 0.05) is 5.70 Å². The number of allylic oxidation sites excluding steroid dienone is 1. The lowest BCUT2D eigenvalue weighted by atomic mass is 9.95. The topological polar surface area (TPSA) is 85.9 Å². The summed E-state index contributed by atoms with van der Waals surface area (Å²) in [6, 6.07) is 24.8. The highest BCUT2D eigenvalue weighted by Gasteiger charge is 2.32. The first-order valence-electron chi connectivity index (χ1n) is 10.6. The largest absolute Gasteiger partial charge is 0.490 e. The molecule has 168 valence electrons. The van der Waals surface area contributed by atoms with Gasteiger partial charge >= 0.3 is 12.0 Å². The highest BCUT2D eigenvalue weighted by atomic mass is 16.6. The van der Waals surface area contributed by atoms with Gasteiger partial charge in [-0.25, -0.2) is 9.59 Å². The van der Waals surface area contributed by atoms with E-state index in [1.807, 2.05) is 78.9 Å². The summed E-state index contributed by atoms with van der Waals surface area (Å²) >= 11 is 0. The van der Waals surface area contributed by atoms with Crippen molar-refractivity contribution in [3.63, 3.8) is 0 Å². The summed E-state index contributed by atoms with van der Waals surface area (Å²) in [5.41, 5.74) is 1.46. The number of hydrogen-bond acceptors (Lipinski definition) is 5. The molecule has 2 amide bonds. The van der Waals surface area contributed by atoms with E-state index in [4.69, 9.17) is 14.2 Å². The van der Waals surface area contributed by atoms with Crippen LogP contribution in [0.25, 0.3) is 0 Å². The molecule has 0 bridgehead atoms. The highest BCUT2D eigenvalue weighted by molar-refractivity contribution is 5.95. The van der Waals surface area contributed by atoms with Gasteiger partial charge in [-0.3, -0.25) is 0 Å². The first-order chi connectivity index (χ1) is 16.1. The molecule has 2 N–H and O–H groups in total. The Morgan fingerprint density at radius 3 is 2.24 bits per heavy atom. The van der Waals surface area contributed by atoms with Crippen LogP contribution in [0.3, 0.4) is 0 Å². The standard InChI is InChI=1S/C26H24N2O5/c1-18-23(25(29)32-16-15-31-20-10-4-2-5-11-20)24(28-26(30)27-18)19-9-8-14-22(17-19)33-21-12-6-3-7-13-21/h2-14,17,24H,15-16H2,1H3,(H2,27,28,30)/t24-/m1/s1. The molecule has 1 aliphatic heterocycles. The second kappa shape index (κ2) is 10.4. The summed E-state index contributed by atoms with van der Waals surface area (Å²) in [7, 11) is 0. The first-order valence-corrected chi connectivity index (χ1v) is 10.6. The molecule has 0 saturated carbocycles. The Labute approximate surface area is 192 Å². The van der Waals surface area contributed by atoms with Crippen molar-refractivity contribution >= 4 is 12.0 Å². The molecule has 0 unspecified atom stereocenters. The molecule has 0 aromatic heterocycles. The highest BCUT2D eigenvalue weighted by Crippen LogP contribution is 2.31. The van der Waals surface area contributed by atoms with Crippen molar-refractivity contribution < 1.29 is 23.8 Å². The number of nitrogens with one attached hydrogen (secondary N) is 2. The fourth-order valence-electron chi connectivity index (χ4n) is 3.48. The van der Waals surface area contributed by atoms with Crippen LogP contribution in [0, 0.1) is 0 Å². The van der Waals surface area contributed by atoms with Crippen molar-refractivity contribution in [3.8, 4) is 17.2 Å². The van der Waals surface area contributed by atoms with Gasteiger partial charge in [0.15, 0.2) is 0 Å². The minimum absolute atomic E-state index is 0.0718. The van der Waals surface area contributed by atoms with Crippen LogP contribution in [0.1, 0.15) is 18.5 Å². The van der Waals surface area contributed by atoms with E-state index in [0.29, 0.717) is 34.1 Å². The number of benzene rings is 3. The predicted molar refractivity (Wildman–Crippen MR) is 123 cm³/mol. The summed E-state index contributed by atoms with van der Waals surface area (Å²) in [6.45, 7) is 1.96. The summed E-state index contributed by atoms with van der Waals surface area (Å²) in [6.07, 6.45) is 0. The number of amides is 2.